The number of amides is 1. The van der Waals surface area contributed by atoms with Crippen molar-refractivity contribution < 1.29 is 18.0 Å². The molecule has 1 amide bonds. The van der Waals surface area contributed by atoms with Crippen molar-refractivity contribution in [3.05, 3.63) is 59.5 Å². The zero-order valence-corrected chi connectivity index (χ0v) is 19.1. The summed E-state index contributed by atoms with van der Waals surface area (Å²) in [7, 11) is 3.51. The number of anilines is 2. The number of carbonyl (C=O) groups is 1. The standard InChI is InChI=1S/C23H18F3N9O/c1-33-12-29-32-21(33)15-10-30-34(2)20(15)13-8-18(28-7-6-27)31-19(9-13)35-11-16-14(22(35)36)4-3-5-17(16)23(24,25)26/h3-5,8-10,12H,7,11H2,1-2H3,(H,28,31). The average molecular weight is 493 g/mol. The topological polar surface area (TPSA) is 118 Å². The number of aromatic nitrogens is 6. The van der Waals surface area contributed by atoms with Gasteiger partial charge in [0, 0.05) is 25.2 Å². The van der Waals surface area contributed by atoms with E-state index in [0.29, 0.717) is 22.6 Å². The number of rotatable bonds is 5. The van der Waals surface area contributed by atoms with Crippen molar-refractivity contribution >= 4 is 17.5 Å². The number of nitriles is 1. The molecule has 0 fully saturated rings. The van der Waals surface area contributed by atoms with Crippen LogP contribution in [0.3, 0.4) is 0 Å². The van der Waals surface area contributed by atoms with Crippen molar-refractivity contribution in [2.24, 2.45) is 14.1 Å². The smallest absolute Gasteiger partial charge is 0.357 e. The molecule has 0 atom stereocenters. The molecule has 1 aliphatic heterocycles. The molecule has 4 aromatic rings. The molecule has 36 heavy (non-hydrogen) atoms. The van der Waals surface area contributed by atoms with Gasteiger partial charge in [-0.3, -0.25) is 14.4 Å². The van der Waals surface area contributed by atoms with E-state index < -0.39 is 17.6 Å². The van der Waals surface area contributed by atoms with Gasteiger partial charge in [0.25, 0.3) is 5.91 Å². The van der Waals surface area contributed by atoms with Gasteiger partial charge in [-0.05, 0) is 29.8 Å². The lowest BCUT2D eigenvalue weighted by atomic mass is 10.0. The SMILES string of the molecule is Cn1cnnc1-c1cnn(C)c1-c1cc(NCC#N)nc(N2Cc3c(cccc3C(F)(F)F)C2=O)c1. The zero-order valence-electron chi connectivity index (χ0n) is 19.1. The number of nitrogens with zero attached hydrogens (tertiary/aromatic N) is 8. The van der Waals surface area contributed by atoms with Gasteiger partial charge in [-0.1, -0.05) is 6.07 Å². The van der Waals surface area contributed by atoms with E-state index in [2.05, 4.69) is 25.6 Å². The van der Waals surface area contributed by atoms with Crippen molar-refractivity contribution in [3.63, 3.8) is 0 Å². The Morgan fingerprint density at radius 3 is 2.69 bits per heavy atom. The highest BCUT2D eigenvalue weighted by atomic mass is 19.4. The minimum atomic E-state index is -4.60. The van der Waals surface area contributed by atoms with E-state index in [1.165, 1.54) is 17.0 Å². The maximum atomic E-state index is 13.6. The fourth-order valence-corrected chi connectivity index (χ4v) is 4.27. The van der Waals surface area contributed by atoms with Crippen LogP contribution < -0.4 is 10.2 Å². The summed E-state index contributed by atoms with van der Waals surface area (Å²) in [6.45, 7) is -0.358. The molecule has 4 heterocycles. The van der Waals surface area contributed by atoms with Crippen LogP contribution in [-0.4, -0.2) is 42.0 Å². The van der Waals surface area contributed by atoms with Gasteiger partial charge >= 0.3 is 6.18 Å². The van der Waals surface area contributed by atoms with E-state index in [4.69, 9.17) is 5.26 Å². The number of hydrogen-bond acceptors (Lipinski definition) is 7. The Bertz CT molecular complexity index is 1530. The summed E-state index contributed by atoms with van der Waals surface area (Å²) < 4.78 is 44.1. The largest absolute Gasteiger partial charge is 0.416 e. The van der Waals surface area contributed by atoms with Crippen molar-refractivity contribution in [1.82, 2.24) is 29.5 Å². The first-order valence-electron chi connectivity index (χ1n) is 10.7. The van der Waals surface area contributed by atoms with E-state index >= 15 is 0 Å². The van der Waals surface area contributed by atoms with Gasteiger partial charge in [0.1, 0.15) is 24.5 Å². The van der Waals surface area contributed by atoms with Crippen LogP contribution in [0, 0.1) is 11.3 Å². The first-order chi connectivity index (χ1) is 17.2. The molecule has 0 saturated heterocycles. The van der Waals surface area contributed by atoms with E-state index in [9.17, 15) is 18.0 Å². The van der Waals surface area contributed by atoms with Gasteiger partial charge in [0.2, 0.25) is 0 Å². The summed E-state index contributed by atoms with van der Waals surface area (Å²) >= 11 is 0. The second kappa shape index (κ2) is 8.49. The predicted octanol–water partition coefficient (Wildman–Crippen LogP) is 3.39. The number of aryl methyl sites for hydroxylation is 2. The van der Waals surface area contributed by atoms with Gasteiger partial charge in [-0.2, -0.15) is 23.5 Å². The molecule has 182 valence electrons. The second-order valence-electron chi connectivity index (χ2n) is 8.13. The molecule has 1 aliphatic rings. The number of benzene rings is 1. The molecular weight excluding hydrogens is 475 g/mol. The number of alkyl halides is 3. The summed E-state index contributed by atoms with van der Waals surface area (Å²) in [4.78, 5) is 18.8. The molecule has 0 bridgehead atoms. The van der Waals surface area contributed by atoms with Crippen LogP contribution in [-0.2, 0) is 26.8 Å². The first-order valence-corrected chi connectivity index (χ1v) is 10.7. The zero-order chi connectivity index (χ0) is 25.6. The third-order valence-electron chi connectivity index (χ3n) is 5.87. The highest BCUT2D eigenvalue weighted by Crippen LogP contribution is 2.40. The summed E-state index contributed by atoms with van der Waals surface area (Å²) in [6, 6.07) is 8.79. The molecule has 0 spiro atoms. The summed E-state index contributed by atoms with van der Waals surface area (Å²) in [5, 5.41) is 24.3. The second-order valence-corrected chi connectivity index (χ2v) is 8.13. The maximum absolute atomic E-state index is 13.6. The van der Waals surface area contributed by atoms with Gasteiger partial charge in [-0.25, -0.2) is 4.98 Å². The van der Waals surface area contributed by atoms with Gasteiger partial charge in [0.05, 0.1) is 35.6 Å². The summed E-state index contributed by atoms with van der Waals surface area (Å²) in [5.41, 5.74) is 0.855. The lowest BCUT2D eigenvalue weighted by Crippen LogP contribution is -2.24. The average Bonchev–Trinajstić information content (AvgIpc) is 3.53. The molecule has 1 aromatic carbocycles. The Morgan fingerprint density at radius 1 is 1.19 bits per heavy atom. The number of hydrogen-bond donors (Lipinski definition) is 1. The molecule has 0 radical (unpaired) electrons. The van der Waals surface area contributed by atoms with E-state index in [1.54, 1.807) is 48.0 Å². The molecule has 0 aliphatic carbocycles. The highest BCUT2D eigenvalue weighted by Gasteiger charge is 2.40. The summed E-state index contributed by atoms with van der Waals surface area (Å²) in [6.07, 6.45) is -1.44. The fraction of sp³-hybridized carbons (Fsp3) is 0.217. The Hall–Kier alpha value is -4.73. The minimum Gasteiger partial charge on any atom is -0.357 e. The Balaban J connectivity index is 1.64. The Morgan fingerprint density at radius 2 is 2.00 bits per heavy atom. The molecule has 3 aromatic heterocycles. The molecule has 5 rings (SSSR count). The molecule has 0 unspecified atom stereocenters. The Labute approximate surface area is 202 Å². The van der Waals surface area contributed by atoms with Crippen molar-refractivity contribution in [2.45, 2.75) is 12.7 Å². The monoisotopic (exact) mass is 493 g/mol. The number of nitrogens with one attached hydrogen (secondary N) is 1. The van der Waals surface area contributed by atoms with Crippen LogP contribution in [0.1, 0.15) is 21.5 Å². The molecule has 1 N–H and O–H groups in total. The predicted molar refractivity (Wildman–Crippen MR) is 122 cm³/mol. The van der Waals surface area contributed by atoms with Crippen molar-refractivity contribution in [2.75, 3.05) is 16.8 Å². The number of carbonyl (C=O) groups excluding carboxylic acids is 1. The summed E-state index contributed by atoms with van der Waals surface area (Å²) in [5.74, 6) is 0.356. The lowest BCUT2D eigenvalue weighted by Gasteiger charge is -2.18. The first kappa shape index (κ1) is 23.0. The van der Waals surface area contributed by atoms with Gasteiger partial charge < -0.3 is 9.88 Å². The third-order valence-corrected chi connectivity index (χ3v) is 5.87. The van der Waals surface area contributed by atoms with Crippen LogP contribution in [0.25, 0.3) is 22.6 Å². The number of pyridine rings is 1. The number of fused-ring (bicyclic) bond motifs is 1. The third kappa shape index (κ3) is 3.82. The molecular formula is C23H18F3N9O. The van der Waals surface area contributed by atoms with E-state index in [1.807, 2.05) is 6.07 Å². The van der Waals surface area contributed by atoms with E-state index in [-0.39, 0.29) is 35.9 Å². The Kier molecular flexibility index (Phi) is 5.43. The molecule has 0 saturated carbocycles. The van der Waals surface area contributed by atoms with Crippen molar-refractivity contribution in [3.8, 4) is 28.7 Å². The molecule has 10 nitrogen and oxygen atoms in total. The minimum absolute atomic E-state index is 0.0242. The lowest BCUT2D eigenvalue weighted by molar-refractivity contribution is -0.138. The number of halogens is 3. The van der Waals surface area contributed by atoms with Crippen LogP contribution in [0.5, 0.6) is 0 Å². The normalized spacial score (nSPS) is 13.1. The van der Waals surface area contributed by atoms with Gasteiger partial charge in [-0.15, -0.1) is 10.2 Å². The molecule has 13 heteroatoms. The van der Waals surface area contributed by atoms with Crippen LogP contribution in [0.2, 0.25) is 0 Å². The van der Waals surface area contributed by atoms with Crippen LogP contribution >= 0.6 is 0 Å². The van der Waals surface area contributed by atoms with E-state index in [0.717, 1.165) is 6.07 Å². The fourth-order valence-electron chi connectivity index (χ4n) is 4.27. The maximum Gasteiger partial charge on any atom is 0.416 e. The van der Waals surface area contributed by atoms with Crippen molar-refractivity contribution in [1.29, 1.82) is 5.26 Å². The highest BCUT2D eigenvalue weighted by molar-refractivity contribution is 6.10. The van der Waals surface area contributed by atoms with Crippen LogP contribution in [0.4, 0.5) is 24.8 Å². The van der Waals surface area contributed by atoms with Crippen LogP contribution in [0.15, 0.2) is 42.9 Å². The quantitative estimate of drug-likeness (QED) is 0.424. The van der Waals surface area contributed by atoms with Gasteiger partial charge in [0.15, 0.2) is 5.82 Å².